The van der Waals surface area contributed by atoms with Crippen molar-refractivity contribution in [2.45, 2.75) is 52.2 Å². The number of amides is 1. The van der Waals surface area contributed by atoms with Crippen molar-refractivity contribution < 1.29 is 27.4 Å². The molecule has 0 spiro atoms. The van der Waals surface area contributed by atoms with E-state index >= 15 is 0 Å². The Bertz CT molecular complexity index is 1460. The second-order valence-corrected chi connectivity index (χ2v) is 9.76. The summed E-state index contributed by atoms with van der Waals surface area (Å²) in [7, 11) is 0. The zero-order chi connectivity index (χ0) is 27.8. The second kappa shape index (κ2) is 10.2. The van der Waals surface area contributed by atoms with Gasteiger partial charge in [-0.3, -0.25) is 9.59 Å². The van der Waals surface area contributed by atoms with E-state index in [-0.39, 0.29) is 18.1 Å². The van der Waals surface area contributed by atoms with Gasteiger partial charge in [0.25, 0.3) is 11.5 Å². The van der Waals surface area contributed by atoms with Gasteiger partial charge in [0.05, 0.1) is 18.1 Å². The van der Waals surface area contributed by atoms with E-state index in [4.69, 9.17) is 16.3 Å². The number of rotatable bonds is 7. The van der Waals surface area contributed by atoms with Crippen LogP contribution in [0.5, 0.6) is 11.5 Å². The molecule has 2 aromatic heterocycles. The number of benzene rings is 1. The molecule has 3 aromatic rings. The quantitative estimate of drug-likeness (QED) is 0.425. The molecule has 38 heavy (non-hydrogen) atoms. The first kappa shape index (κ1) is 27.3. The van der Waals surface area contributed by atoms with Gasteiger partial charge in [0, 0.05) is 24.2 Å². The Labute approximate surface area is 221 Å². The van der Waals surface area contributed by atoms with Crippen LogP contribution in [0, 0.1) is 6.92 Å². The SMILES string of the molecule is Cc1cn(-c2ccc(C(=O)NC(C)C3=CC(C)(C)Oc4ccc(OC(F)(F)F)cc43)n(CCCl)c2=O)cn1. The van der Waals surface area contributed by atoms with Crippen molar-refractivity contribution in [3.63, 3.8) is 0 Å². The third-order valence-corrected chi connectivity index (χ3v) is 6.04. The molecule has 1 amide bonds. The summed E-state index contributed by atoms with van der Waals surface area (Å²) in [4.78, 5) is 30.7. The number of halogens is 4. The van der Waals surface area contributed by atoms with Gasteiger partial charge in [-0.1, -0.05) is 0 Å². The Morgan fingerprint density at radius 1 is 1.26 bits per heavy atom. The number of fused-ring (bicyclic) bond motifs is 1. The zero-order valence-electron chi connectivity index (χ0n) is 21.1. The van der Waals surface area contributed by atoms with Crippen molar-refractivity contribution in [1.82, 2.24) is 19.4 Å². The van der Waals surface area contributed by atoms with E-state index in [2.05, 4.69) is 15.0 Å². The van der Waals surface area contributed by atoms with Crippen LogP contribution in [-0.4, -0.2) is 43.9 Å². The Hall–Kier alpha value is -3.73. The maximum Gasteiger partial charge on any atom is 0.573 e. The summed E-state index contributed by atoms with van der Waals surface area (Å²) in [6.07, 6.45) is 0.0675. The molecule has 1 N–H and O–H groups in total. The minimum absolute atomic E-state index is 0.0869. The van der Waals surface area contributed by atoms with Crippen molar-refractivity contribution in [3.8, 4) is 17.2 Å². The third-order valence-electron chi connectivity index (χ3n) is 5.87. The van der Waals surface area contributed by atoms with Gasteiger partial charge >= 0.3 is 6.36 Å². The molecule has 1 unspecified atom stereocenters. The van der Waals surface area contributed by atoms with Crippen LogP contribution < -0.4 is 20.3 Å². The Kier molecular flexibility index (Phi) is 7.33. The van der Waals surface area contributed by atoms with Crippen molar-refractivity contribution in [1.29, 1.82) is 0 Å². The number of hydrogen-bond donors (Lipinski definition) is 1. The summed E-state index contributed by atoms with van der Waals surface area (Å²) < 4.78 is 51.3. The van der Waals surface area contributed by atoms with E-state index in [1.165, 1.54) is 41.2 Å². The van der Waals surface area contributed by atoms with Crippen LogP contribution in [0.4, 0.5) is 13.2 Å². The van der Waals surface area contributed by atoms with E-state index in [0.29, 0.717) is 22.6 Å². The molecule has 1 aliphatic heterocycles. The maximum atomic E-state index is 13.4. The number of nitrogens with one attached hydrogen (secondary N) is 1. The summed E-state index contributed by atoms with van der Waals surface area (Å²) in [5, 5.41) is 2.85. The molecule has 12 heteroatoms. The number of carbonyl (C=O) groups excluding carboxylic acids is 1. The largest absolute Gasteiger partial charge is 0.573 e. The van der Waals surface area contributed by atoms with Crippen molar-refractivity contribution >= 4 is 23.1 Å². The number of ether oxygens (including phenoxy) is 2. The summed E-state index contributed by atoms with van der Waals surface area (Å²) >= 11 is 5.94. The second-order valence-electron chi connectivity index (χ2n) is 9.38. The molecule has 0 aliphatic carbocycles. The van der Waals surface area contributed by atoms with Gasteiger partial charge in [0.2, 0.25) is 0 Å². The summed E-state index contributed by atoms with van der Waals surface area (Å²) in [5.41, 5.74) is 0.787. The number of carbonyl (C=O) groups is 1. The van der Waals surface area contributed by atoms with Crippen LogP contribution in [-0.2, 0) is 6.54 Å². The van der Waals surface area contributed by atoms with Crippen molar-refractivity contribution in [3.05, 3.63) is 76.2 Å². The topological polar surface area (TPSA) is 87.4 Å². The maximum absolute atomic E-state index is 13.4. The minimum atomic E-state index is -4.86. The number of hydrogen-bond acceptors (Lipinski definition) is 5. The highest BCUT2D eigenvalue weighted by molar-refractivity contribution is 6.17. The molecule has 0 saturated heterocycles. The fourth-order valence-corrected chi connectivity index (χ4v) is 4.48. The molecule has 8 nitrogen and oxygen atoms in total. The number of aryl methyl sites for hydroxylation is 1. The van der Waals surface area contributed by atoms with E-state index < -0.39 is 35.2 Å². The average molecular weight is 551 g/mol. The van der Waals surface area contributed by atoms with Crippen LogP contribution in [0.1, 0.15) is 42.5 Å². The zero-order valence-corrected chi connectivity index (χ0v) is 21.9. The summed E-state index contributed by atoms with van der Waals surface area (Å²) in [6.45, 7) is 7.15. The van der Waals surface area contributed by atoms with Gasteiger partial charge in [-0.15, -0.1) is 24.8 Å². The molecule has 1 atom stereocenters. The molecular formula is C26H26ClF3N4O4. The van der Waals surface area contributed by atoms with E-state index in [9.17, 15) is 22.8 Å². The monoisotopic (exact) mass is 550 g/mol. The number of alkyl halides is 4. The smallest absolute Gasteiger partial charge is 0.483 e. The molecular weight excluding hydrogens is 525 g/mol. The molecule has 1 aromatic carbocycles. The highest BCUT2D eigenvalue weighted by Gasteiger charge is 2.34. The van der Waals surface area contributed by atoms with Gasteiger partial charge < -0.3 is 23.9 Å². The summed E-state index contributed by atoms with van der Waals surface area (Å²) in [5.74, 6) is -0.524. The lowest BCUT2D eigenvalue weighted by molar-refractivity contribution is -0.274. The number of imidazole rings is 1. The highest BCUT2D eigenvalue weighted by Crippen LogP contribution is 2.40. The van der Waals surface area contributed by atoms with Crippen LogP contribution in [0.25, 0.3) is 11.3 Å². The number of nitrogens with zero attached hydrogens (tertiary/aromatic N) is 3. The normalized spacial score (nSPS) is 15.2. The minimum Gasteiger partial charge on any atom is -0.483 e. The molecule has 0 saturated carbocycles. The van der Waals surface area contributed by atoms with E-state index in [1.54, 1.807) is 44.5 Å². The lowest BCUT2D eigenvalue weighted by Gasteiger charge is -2.33. The first-order valence-corrected chi connectivity index (χ1v) is 12.2. The highest BCUT2D eigenvalue weighted by atomic mass is 35.5. The Balaban J connectivity index is 1.67. The molecule has 4 rings (SSSR count). The van der Waals surface area contributed by atoms with Gasteiger partial charge in [-0.25, -0.2) is 4.98 Å². The predicted molar refractivity (Wildman–Crippen MR) is 136 cm³/mol. The lowest BCUT2D eigenvalue weighted by atomic mass is 9.90. The first-order chi connectivity index (χ1) is 17.8. The van der Waals surface area contributed by atoms with E-state index in [1.807, 2.05) is 0 Å². The van der Waals surface area contributed by atoms with Gasteiger partial charge in [-0.2, -0.15) is 0 Å². The third kappa shape index (κ3) is 5.88. The molecule has 3 heterocycles. The fraction of sp³-hybridized carbons (Fsp3) is 0.346. The Morgan fingerprint density at radius 2 is 2.00 bits per heavy atom. The molecule has 0 fully saturated rings. The van der Waals surface area contributed by atoms with Gasteiger partial charge in [0.1, 0.15) is 28.5 Å². The van der Waals surface area contributed by atoms with E-state index in [0.717, 1.165) is 5.69 Å². The standard InChI is InChI=1S/C26H26ClF3N4O4/c1-15-13-33(14-31-15)21-7-6-20(34(10-9-27)24(21)36)23(35)32-16(2)19-12-25(3,4)38-22-8-5-17(11-18(19)22)37-26(28,29)30/h5-8,11-14,16H,9-10H2,1-4H3,(H,32,35). The van der Waals surface area contributed by atoms with Crippen molar-refractivity contribution in [2.24, 2.45) is 0 Å². The van der Waals surface area contributed by atoms with Gasteiger partial charge in [0.15, 0.2) is 0 Å². The first-order valence-electron chi connectivity index (χ1n) is 11.7. The molecule has 0 radical (unpaired) electrons. The van der Waals surface area contributed by atoms with Crippen molar-refractivity contribution in [2.75, 3.05) is 5.88 Å². The van der Waals surface area contributed by atoms with Crippen LogP contribution in [0.15, 0.2) is 53.7 Å². The fourth-order valence-electron chi connectivity index (χ4n) is 4.31. The lowest BCUT2D eigenvalue weighted by Crippen LogP contribution is -2.40. The van der Waals surface area contributed by atoms with Crippen LogP contribution >= 0.6 is 11.6 Å². The summed E-state index contributed by atoms with van der Waals surface area (Å²) in [6, 6.07) is 6.17. The number of aromatic nitrogens is 3. The molecule has 202 valence electrons. The Morgan fingerprint density at radius 3 is 2.63 bits per heavy atom. The molecule has 0 bridgehead atoms. The van der Waals surface area contributed by atoms with Gasteiger partial charge in [-0.05, 0) is 69.7 Å². The van der Waals surface area contributed by atoms with Crippen LogP contribution in [0.2, 0.25) is 0 Å². The average Bonchev–Trinajstić information content (AvgIpc) is 3.24. The molecule has 1 aliphatic rings. The predicted octanol–water partition coefficient (Wildman–Crippen LogP) is 4.85. The number of pyridine rings is 1. The van der Waals surface area contributed by atoms with Crippen LogP contribution in [0.3, 0.4) is 0 Å².